The quantitative estimate of drug-likeness (QED) is 0.234. The van der Waals surface area contributed by atoms with Crippen LogP contribution in [0.4, 0.5) is 13.2 Å². The van der Waals surface area contributed by atoms with E-state index in [9.17, 15) is 22.8 Å². The maximum Gasteiger partial charge on any atom is 0.416 e. The Labute approximate surface area is 189 Å². The molecule has 0 unspecified atom stereocenters. The lowest BCUT2D eigenvalue weighted by molar-refractivity contribution is -0.138. The lowest BCUT2D eigenvalue weighted by atomic mass is 9.92. The van der Waals surface area contributed by atoms with E-state index in [1.807, 2.05) is 0 Å². The van der Waals surface area contributed by atoms with Crippen LogP contribution in [0, 0.1) is 0 Å². The molecule has 7 heteroatoms. The molecule has 170 valence electrons. The number of benzene rings is 3. The number of halogens is 3. The minimum absolute atomic E-state index is 0.239. The summed E-state index contributed by atoms with van der Waals surface area (Å²) in [5.74, 6) is 0.0678. The Balaban J connectivity index is 2.07. The number of methoxy groups -OCH3 is 1. The van der Waals surface area contributed by atoms with Crippen LogP contribution < -0.4 is 4.74 Å². The molecule has 3 aromatic carbocycles. The number of hydrogen-bond acceptors (Lipinski definition) is 4. The van der Waals surface area contributed by atoms with Crippen LogP contribution in [0.5, 0.6) is 5.75 Å². The maximum absolute atomic E-state index is 13.1. The predicted octanol–water partition coefficient (Wildman–Crippen LogP) is 6.44. The lowest BCUT2D eigenvalue weighted by Gasteiger charge is -2.13. The third-order valence-corrected chi connectivity index (χ3v) is 4.93. The van der Waals surface area contributed by atoms with E-state index in [-0.39, 0.29) is 17.7 Å². The van der Waals surface area contributed by atoms with Gasteiger partial charge in [-0.25, -0.2) is 4.79 Å². The van der Waals surface area contributed by atoms with Crippen LogP contribution >= 0.6 is 0 Å². The molecule has 0 aliphatic rings. The fraction of sp³-hybridized carbons (Fsp3) is 0.154. The Morgan fingerprint density at radius 1 is 0.939 bits per heavy atom. The molecule has 0 amide bonds. The summed E-state index contributed by atoms with van der Waals surface area (Å²) in [5, 5.41) is 0. The molecule has 0 spiro atoms. The molecule has 0 saturated carbocycles. The first kappa shape index (κ1) is 23.8. The topological polar surface area (TPSA) is 52.6 Å². The first-order chi connectivity index (χ1) is 15.8. The van der Waals surface area contributed by atoms with Gasteiger partial charge in [0, 0.05) is 11.6 Å². The largest absolute Gasteiger partial charge is 0.497 e. The summed E-state index contributed by atoms with van der Waals surface area (Å²) in [4.78, 5) is 23.6. The van der Waals surface area contributed by atoms with E-state index in [0.29, 0.717) is 34.3 Å². The van der Waals surface area contributed by atoms with Gasteiger partial charge >= 0.3 is 12.1 Å². The molecule has 0 fully saturated rings. The van der Waals surface area contributed by atoms with Gasteiger partial charge in [-0.1, -0.05) is 30.3 Å². The second-order valence-electron chi connectivity index (χ2n) is 7.04. The predicted molar refractivity (Wildman–Crippen MR) is 120 cm³/mol. The molecule has 0 heterocycles. The zero-order valence-corrected chi connectivity index (χ0v) is 18.0. The second kappa shape index (κ2) is 10.2. The van der Waals surface area contributed by atoms with Crippen LogP contribution in [0.25, 0.3) is 28.3 Å². The van der Waals surface area contributed by atoms with Crippen LogP contribution in [-0.4, -0.2) is 26.0 Å². The highest BCUT2D eigenvalue weighted by atomic mass is 19.4. The number of ether oxygens (including phenoxy) is 2. The van der Waals surface area contributed by atoms with E-state index < -0.39 is 17.7 Å². The molecule has 0 aliphatic carbocycles. The van der Waals surface area contributed by atoms with Gasteiger partial charge in [0.05, 0.1) is 19.3 Å². The van der Waals surface area contributed by atoms with Crippen molar-refractivity contribution in [1.29, 1.82) is 0 Å². The van der Waals surface area contributed by atoms with Crippen molar-refractivity contribution >= 4 is 18.3 Å². The molecule has 0 radical (unpaired) electrons. The van der Waals surface area contributed by atoms with Crippen LogP contribution in [0.15, 0.2) is 66.7 Å². The summed E-state index contributed by atoms with van der Waals surface area (Å²) in [6.07, 6.45) is -1.01. The second-order valence-corrected chi connectivity index (χ2v) is 7.04. The van der Waals surface area contributed by atoms with E-state index >= 15 is 0 Å². The van der Waals surface area contributed by atoms with Crippen molar-refractivity contribution in [1.82, 2.24) is 0 Å². The van der Waals surface area contributed by atoms with Gasteiger partial charge in [0.15, 0.2) is 6.29 Å². The smallest absolute Gasteiger partial charge is 0.416 e. The molecule has 4 nitrogen and oxygen atoms in total. The minimum Gasteiger partial charge on any atom is -0.497 e. The van der Waals surface area contributed by atoms with Crippen molar-refractivity contribution in [2.45, 2.75) is 13.1 Å². The monoisotopic (exact) mass is 454 g/mol. The number of carbonyl (C=O) groups excluding carboxylic acids is 2. The zero-order chi connectivity index (χ0) is 24.0. The van der Waals surface area contributed by atoms with Crippen LogP contribution in [0.1, 0.15) is 28.4 Å². The number of hydrogen-bond donors (Lipinski definition) is 0. The van der Waals surface area contributed by atoms with Gasteiger partial charge in [0.2, 0.25) is 0 Å². The van der Waals surface area contributed by atoms with Crippen molar-refractivity contribution in [2.75, 3.05) is 13.7 Å². The van der Waals surface area contributed by atoms with Gasteiger partial charge in [-0.2, -0.15) is 13.2 Å². The van der Waals surface area contributed by atoms with Crippen LogP contribution in [0.2, 0.25) is 0 Å². The Morgan fingerprint density at radius 3 is 2.30 bits per heavy atom. The van der Waals surface area contributed by atoms with Gasteiger partial charge in [0.25, 0.3) is 0 Å². The number of esters is 1. The maximum atomic E-state index is 13.1. The molecular formula is C26H21F3O4. The van der Waals surface area contributed by atoms with Gasteiger partial charge in [-0.15, -0.1) is 0 Å². The lowest BCUT2D eigenvalue weighted by Crippen LogP contribution is -2.04. The highest BCUT2D eigenvalue weighted by Gasteiger charge is 2.30. The van der Waals surface area contributed by atoms with Crippen LogP contribution in [0.3, 0.4) is 0 Å². The van der Waals surface area contributed by atoms with E-state index in [1.165, 1.54) is 25.3 Å². The zero-order valence-electron chi connectivity index (χ0n) is 18.0. The summed E-state index contributed by atoms with van der Waals surface area (Å²) in [6, 6.07) is 15.0. The van der Waals surface area contributed by atoms with Crippen molar-refractivity contribution in [3.05, 3.63) is 83.4 Å². The molecule has 33 heavy (non-hydrogen) atoms. The van der Waals surface area contributed by atoms with Gasteiger partial charge in [-0.3, -0.25) is 4.79 Å². The highest BCUT2D eigenvalue weighted by molar-refractivity contribution is 5.93. The molecule has 0 aromatic heterocycles. The van der Waals surface area contributed by atoms with Gasteiger partial charge in [0.1, 0.15) is 5.75 Å². The number of alkyl halides is 3. The van der Waals surface area contributed by atoms with Gasteiger partial charge < -0.3 is 9.47 Å². The van der Waals surface area contributed by atoms with E-state index in [4.69, 9.17) is 9.47 Å². The molecule has 3 rings (SSSR count). The standard InChI is InChI=1S/C26H21F3O4/c1-3-33-25(31)12-8-19-15-22(32-2)9-11-23(19)18-7-10-24(20(13-18)16-30)17-5-4-6-21(14-17)26(27,28)29/h4-16H,3H2,1-2H3/b12-8+. The summed E-state index contributed by atoms with van der Waals surface area (Å²) >= 11 is 0. The van der Waals surface area contributed by atoms with Crippen molar-refractivity contribution in [3.8, 4) is 28.0 Å². The average Bonchev–Trinajstić information content (AvgIpc) is 2.82. The Kier molecular flexibility index (Phi) is 7.33. The number of carbonyl (C=O) groups is 2. The molecular weight excluding hydrogens is 433 g/mol. The third-order valence-electron chi connectivity index (χ3n) is 4.93. The fourth-order valence-corrected chi connectivity index (χ4v) is 3.37. The number of aldehydes is 1. The van der Waals surface area contributed by atoms with E-state index in [1.54, 1.807) is 49.4 Å². The molecule has 3 aromatic rings. The first-order valence-corrected chi connectivity index (χ1v) is 10.1. The van der Waals surface area contributed by atoms with Crippen LogP contribution in [-0.2, 0) is 15.7 Å². The van der Waals surface area contributed by atoms with Crippen molar-refractivity contribution in [3.63, 3.8) is 0 Å². The Morgan fingerprint density at radius 2 is 1.64 bits per heavy atom. The summed E-state index contributed by atoms with van der Waals surface area (Å²) < 4.78 is 49.5. The van der Waals surface area contributed by atoms with Crippen molar-refractivity contribution < 1.29 is 32.2 Å². The summed E-state index contributed by atoms with van der Waals surface area (Å²) in [7, 11) is 1.52. The first-order valence-electron chi connectivity index (χ1n) is 10.1. The fourth-order valence-electron chi connectivity index (χ4n) is 3.37. The van der Waals surface area contributed by atoms with E-state index in [2.05, 4.69) is 0 Å². The minimum atomic E-state index is -4.49. The summed E-state index contributed by atoms with van der Waals surface area (Å²) in [6.45, 7) is 1.95. The Bertz CT molecular complexity index is 1200. The SMILES string of the molecule is CCOC(=O)/C=C/c1cc(OC)ccc1-c1ccc(-c2cccc(C(F)(F)F)c2)c(C=O)c1. The molecule has 0 atom stereocenters. The third kappa shape index (κ3) is 5.68. The molecule has 0 aliphatic heterocycles. The number of rotatable bonds is 7. The average molecular weight is 454 g/mol. The Hall–Kier alpha value is -3.87. The normalized spacial score (nSPS) is 11.4. The highest BCUT2D eigenvalue weighted by Crippen LogP contribution is 2.35. The molecule has 0 N–H and O–H groups in total. The van der Waals surface area contributed by atoms with Gasteiger partial charge in [-0.05, 0) is 71.1 Å². The van der Waals surface area contributed by atoms with Crippen molar-refractivity contribution in [2.24, 2.45) is 0 Å². The summed E-state index contributed by atoms with van der Waals surface area (Å²) in [5.41, 5.74) is 2.12. The van der Waals surface area contributed by atoms with E-state index in [0.717, 1.165) is 12.1 Å². The molecule has 0 bridgehead atoms. The molecule has 0 saturated heterocycles.